The first-order valence-corrected chi connectivity index (χ1v) is 6.24. The molecule has 0 aliphatic carbocycles. The van der Waals surface area contributed by atoms with Crippen molar-refractivity contribution in [3.8, 4) is 0 Å². The average molecular weight is 280 g/mol. The van der Waals surface area contributed by atoms with Gasteiger partial charge in [0.15, 0.2) is 0 Å². The normalized spacial score (nSPS) is 10.2. The molecule has 0 saturated heterocycles. The first kappa shape index (κ1) is 13.1. The van der Waals surface area contributed by atoms with Crippen molar-refractivity contribution in [2.75, 3.05) is 10.6 Å². The Labute approximate surface area is 112 Å². The Bertz CT molecular complexity index is 632. The van der Waals surface area contributed by atoms with Crippen molar-refractivity contribution in [1.82, 2.24) is 9.78 Å². The minimum atomic E-state index is -1.07. The van der Waals surface area contributed by atoms with Crippen LogP contribution in [0.15, 0.2) is 17.6 Å². The summed E-state index contributed by atoms with van der Waals surface area (Å²) in [5, 5.41) is 20.0. The molecule has 7 nitrogen and oxygen atoms in total. The summed E-state index contributed by atoms with van der Waals surface area (Å²) in [7, 11) is 1.75. The van der Waals surface area contributed by atoms with Gasteiger partial charge >= 0.3 is 12.0 Å². The maximum Gasteiger partial charge on any atom is 0.338 e. The number of amides is 2. The Morgan fingerprint density at radius 3 is 2.74 bits per heavy atom. The van der Waals surface area contributed by atoms with E-state index in [1.807, 2.05) is 0 Å². The molecule has 2 aromatic rings. The van der Waals surface area contributed by atoms with Crippen molar-refractivity contribution in [3.05, 3.63) is 28.9 Å². The van der Waals surface area contributed by atoms with Crippen LogP contribution in [0.25, 0.3) is 0 Å². The lowest BCUT2D eigenvalue weighted by molar-refractivity contribution is 0.0698. The number of aromatic nitrogens is 2. The van der Waals surface area contributed by atoms with Gasteiger partial charge in [-0.3, -0.25) is 10.00 Å². The summed E-state index contributed by atoms with van der Waals surface area (Å²) in [5.74, 6) is -1.07. The summed E-state index contributed by atoms with van der Waals surface area (Å²) in [6.45, 7) is 1.77. The largest absolute Gasteiger partial charge is 0.478 e. The molecule has 0 atom stereocenters. The van der Waals surface area contributed by atoms with Crippen LogP contribution in [0.3, 0.4) is 0 Å². The van der Waals surface area contributed by atoms with E-state index in [0.717, 1.165) is 11.3 Å². The highest BCUT2D eigenvalue weighted by Crippen LogP contribution is 2.23. The molecule has 2 rings (SSSR count). The van der Waals surface area contributed by atoms with Gasteiger partial charge in [-0.2, -0.15) is 5.10 Å². The second-order valence-electron chi connectivity index (χ2n) is 3.85. The quantitative estimate of drug-likeness (QED) is 0.802. The third-order valence-electron chi connectivity index (χ3n) is 2.38. The summed E-state index contributed by atoms with van der Waals surface area (Å²) < 4.78 is 1.58. The standard InChI is InChI=1S/C11H12N4O3S/c1-6-8(5-15(2)14-6)12-11(18)13-9-7(10(16)17)3-4-19-9/h3-5H,1-2H3,(H,16,17)(H2,12,13,18). The first-order valence-electron chi connectivity index (χ1n) is 5.36. The van der Waals surface area contributed by atoms with E-state index in [-0.39, 0.29) is 5.56 Å². The number of nitrogens with one attached hydrogen (secondary N) is 2. The number of carbonyl (C=O) groups excluding carboxylic acids is 1. The summed E-state index contributed by atoms with van der Waals surface area (Å²) in [4.78, 5) is 22.7. The number of thiophene rings is 1. The van der Waals surface area contributed by atoms with E-state index in [9.17, 15) is 9.59 Å². The van der Waals surface area contributed by atoms with Gasteiger partial charge in [0.1, 0.15) is 5.00 Å². The third kappa shape index (κ3) is 2.91. The lowest BCUT2D eigenvalue weighted by Crippen LogP contribution is -2.20. The topological polar surface area (TPSA) is 96.3 Å². The van der Waals surface area contributed by atoms with Crippen LogP contribution in [-0.4, -0.2) is 26.9 Å². The highest BCUT2D eigenvalue weighted by Gasteiger charge is 2.14. The lowest BCUT2D eigenvalue weighted by atomic mass is 10.3. The number of hydrogen-bond acceptors (Lipinski definition) is 4. The Hall–Kier alpha value is -2.35. The molecule has 19 heavy (non-hydrogen) atoms. The zero-order valence-corrected chi connectivity index (χ0v) is 11.1. The van der Waals surface area contributed by atoms with Crippen molar-refractivity contribution in [2.45, 2.75) is 6.92 Å². The van der Waals surface area contributed by atoms with E-state index in [1.54, 1.807) is 30.2 Å². The molecule has 0 saturated carbocycles. The van der Waals surface area contributed by atoms with Gasteiger partial charge in [0.2, 0.25) is 0 Å². The highest BCUT2D eigenvalue weighted by molar-refractivity contribution is 7.14. The van der Waals surface area contributed by atoms with Crippen LogP contribution in [0.4, 0.5) is 15.5 Å². The molecule has 3 N–H and O–H groups in total. The minimum absolute atomic E-state index is 0.0723. The molecule has 0 aromatic carbocycles. The van der Waals surface area contributed by atoms with Gasteiger partial charge in [-0.25, -0.2) is 9.59 Å². The fraction of sp³-hybridized carbons (Fsp3) is 0.182. The molecule has 0 unspecified atom stereocenters. The second-order valence-corrected chi connectivity index (χ2v) is 4.77. The van der Waals surface area contributed by atoms with E-state index in [2.05, 4.69) is 15.7 Å². The van der Waals surface area contributed by atoms with E-state index in [1.165, 1.54) is 6.07 Å². The van der Waals surface area contributed by atoms with E-state index < -0.39 is 12.0 Å². The van der Waals surface area contributed by atoms with Crippen molar-refractivity contribution in [3.63, 3.8) is 0 Å². The number of hydrogen-bond donors (Lipinski definition) is 3. The Morgan fingerprint density at radius 1 is 1.42 bits per heavy atom. The number of anilines is 2. The van der Waals surface area contributed by atoms with Gasteiger partial charge < -0.3 is 10.4 Å². The molecular formula is C11H12N4O3S. The molecule has 100 valence electrons. The predicted molar refractivity (Wildman–Crippen MR) is 71.9 cm³/mol. The van der Waals surface area contributed by atoms with Crippen molar-refractivity contribution in [2.24, 2.45) is 7.05 Å². The van der Waals surface area contributed by atoms with Gasteiger partial charge in [-0.1, -0.05) is 0 Å². The lowest BCUT2D eigenvalue weighted by Gasteiger charge is -2.05. The van der Waals surface area contributed by atoms with Crippen LogP contribution in [0, 0.1) is 6.92 Å². The predicted octanol–water partition coefficient (Wildman–Crippen LogP) is 2.13. The molecule has 8 heteroatoms. The number of urea groups is 1. The molecule has 2 heterocycles. The van der Waals surface area contributed by atoms with Gasteiger partial charge in [-0.15, -0.1) is 11.3 Å². The van der Waals surface area contributed by atoms with Gasteiger partial charge in [0.25, 0.3) is 0 Å². The fourth-order valence-electron chi connectivity index (χ4n) is 1.55. The average Bonchev–Trinajstić information content (AvgIpc) is 2.86. The Balaban J connectivity index is 2.07. The minimum Gasteiger partial charge on any atom is -0.478 e. The molecule has 2 aromatic heterocycles. The number of rotatable bonds is 3. The molecule has 0 radical (unpaired) electrons. The fourth-order valence-corrected chi connectivity index (χ4v) is 2.33. The van der Waals surface area contributed by atoms with E-state index in [4.69, 9.17) is 5.11 Å². The Kier molecular flexibility index (Phi) is 3.52. The monoisotopic (exact) mass is 280 g/mol. The third-order valence-corrected chi connectivity index (χ3v) is 3.21. The molecular weight excluding hydrogens is 268 g/mol. The number of nitrogens with zero attached hydrogens (tertiary/aromatic N) is 2. The van der Waals surface area contributed by atoms with Crippen LogP contribution in [-0.2, 0) is 7.05 Å². The number of aromatic carboxylic acids is 1. The summed E-state index contributed by atoms with van der Waals surface area (Å²) in [5.41, 5.74) is 1.33. The van der Waals surface area contributed by atoms with Crippen LogP contribution in [0.5, 0.6) is 0 Å². The summed E-state index contributed by atoms with van der Waals surface area (Å²) in [6, 6.07) is 0.943. The zero-order valence-electron chi connectivity index (χ0n) is 10.3. The van der Waals surface area contributed by atoms with Crippen molar-refractivity contribution in [1.29, 1.82) is 0 Å². The van der Waals surface area contributed by atoms with Gasteiger partial charge in [-0.05, 0) is 18.4 Å². The summed E-state index contributed by atoms with van der Waals surface area (Å²) in [6.07, 6.45) is 1.67. The van der Waals surface area contributed by atoms with Crippen LogP contribution >= 0.6 is 11.3 Å². The Morgan fingerprint density at radius 2 is 2.16 bits per heavy atom. The first-order chi connectivity index (χ1) is 8.97. The van der Waals surface area contributed by atoms with Crippen LogP contribution in [0.2, 0.25) is 0 Å². The van der Waals surface area contributed by atoms with E-state index >= 15 is 0 Å². The molecule has 0 aliphatic heterocycles. The molecule has 0 aliphatic rings. The maximum absolute atomic E-state index is 11.8. The number of aryl methyl sites for hydroxylation is 2. The van der Waals surface area contributed by atoms with Crippen molar-refractivity contribution >= 4 is 34.0 Å². The SMILES string of the molecule is Cc1nn(C)cc1NC(=O)Nc1sccc1C(=O)O. The molecule has 0 spiro atoms. The van der Waals surface area contributed by atoms with E-state index in [0.29, 0.717) is 16.4 Å². The number of carbonyl (C=O) groups is 2. The van der Waals surface area contributed by atoms with Crippen LogP contribution in [0.1, 0.15) is 16.1 Å². The molecule has 0 bridgehead atoms. The maximum atomic E-state index is 11.8. The zero-order chi connectivity index (χ0) is 14.0. The smallest absolute Gasteiger partial charge is 0.338 e. The summed E-state index contributed by atoms with van der Waals surface area (Å²) >= 11 is 1.15. The van der Waals surface area contributed by atoms with Gasteiger partial charge in [0, 0.05) is 13.2 Å². The van der Waals surface area contributed by atoms with Crippen molar-refractivity contribution < 1.29 is 14.7 Å². The number of carboxylic acids is 1. The highest BCUT2D eigenvalue weighted by atomic mass is 32.1. The molecule has 2 amide bonds. The van der Waals surface area contributed by atoms with Crippen LogP contribution < -0.4 is 10.6 Å². The number of carboxylic acid groups (broad SMARTS) is 1. The second kappa shape index (κ2) is 5.11. The molecule has 0 fully saturated rings. The van der Waals surface area contributed by atoms with Gasteiger partial charge in [0.05, 0.1) is 16.9 Å².